The third-order valence-corrected chi connectivity index (χ3v) is 6.74. The number of carbonyl (C=O) groups is 1. The molecule has 1 saturated heterocycles. The number of benzene rings is 1. The van der Waals surface area contributed by atoms with Gasteiger partial charge in [0, 0.05) is 61.6 Å². The van der Waals surface area contributed by atoms with Gasteiger partial charge in [0.1, 0.15) is 5.75 Å². The number of hydrogen-bond donors (Lipinski definition) is 1. The van der Waals surface area contributed by atoms with E-state index in [0.29, 0.717) is 18.7 Å². The summed E-state index contributed by atoms with van der Waals surface area (Å²) in [6.07, 6.45) is 3.30. The largest absolute Gasteiger partial charge is 0.497 e. The van der Waals surface area contributed by atoms with Gasteiger partial charge in [0.25, 0.3) is 5.91 Å². The van der Waals surface area contributed by atoms with Crippen LogP contribution in [0.4, 0.5) is 0 Å². The number of likely N-dealkylation sites (N-methyl/N-ethyl adjacent to an activating group) is 1. The quantitative estimate of drug-likeness (QED) is 0.720. The molecule has 30 heavy (non-hydrogen) atoms. The Bertz CT molecular complexity index is 1120. The van der Waals surface area contributed by atoms with Gasteiger partial charge in [-0.25, -0.2) is 0 Å². The van der Waals surface area contributed by atoms with Crippen LogP contribution in [0.1, 0.15) is 27.7 Å². The minimum absolute atomic E-state index is 0.0177. The van der Waals surface area contributed by atoms with Crippen molar-refractivity contribution in [1.29, 1.82) is 0 Å². The summed E-state index contributed by atoms with van der Waals surface area (Å²) < 4.78 is 7.62. The van der Waals surface area contributed by atoms with Crippen molar-refractivity contribution in [2.75, 3.05) is 40.4 Å². The molecule has 1 N–H and O–H groups in total. The summed E-state index contributed by atoms with van der Waals surface area (Å²) in [4.78, 5) is 21.1. The molecule has 1 fully saturated rings. The summed E-state index contributed by atoms with van der Waals surface area (Å²) in [5.41, 5.74) is 3.94. The smallest absolute Gasteiger partial charge is 0.255 e. The number of aryl methyl sites for hydroxylation is 1. The Morgan fingerprint density at radius 1 is 1.27 bits per heavy atom. The zero-order chi connectivity index (χ0) is 21.0. The van der Waals surface area contributed by atoms with Gasteiger partial charge in [0.05, 0.1) is 30.8 Å². The van der Waals surface area contributed by atoms with Gasteiger partial charge < -0.3 is 19.3 Å². The van der Waals surface area contributed by atoms with Gasteiger partial charge in [-0.2, -0.15) is 0 Å². The van der Waals surface area contributed by atoms with Crippen LogP contribution in [-0.2, 0) is 12.5 Å². The number of nitrogens with zero attached hydrogens (tertiary/aromatic N) is 4. The van der Waals surface area contributed by atoms with Crippen LogP contribution < -0.4 is 4.74 Å². The minimum Gasteiger partial charge on any atom is -0.497 e. The molecule has 0 radical (unpaired) electrons. The zero-order valence-electron chi connectivity index (χ0n) is 17.5. The lowest BCUT2D eigenvalue weighted by atomic mass is 9.68. The number of rotatable bonds is 3. The van der Waals surface area contributed by atoms with Crippen LogP contribution in [0.3, 0.4) is 0 Å². The molecule has 1 atom stereocenters. The van der Waals surface area contributed by atoms with E-state index in [4.69, 9.17) is 4.74 Å². The van der Waals surface area contributed by atoms with Crippen molar-refractivity contribution in [2.45, 2.75) is 11.5 Å². The van der Waals surface area contributed by atoms with Crippen molar-refractivity contribution >= 4 is 16.8 Å². The van der Waals surface area contributed by atoms with Crippen LogP contribution >= 0.6 is 0 Å². The number of aliphatic hydroxyl groups is 1. The maximum absolute atomic E-state index is 12.9. The van der Waals surface area contributed by atoms with Crippen LogP contribution in [0.2, 0.25) is 0 Å². The number of methoxy groups -OCH3 is 1. The number of fused-ring (bicyclic) bond motifs is 4. The lowest BCUT2D eigenvalue weighted by Gasteiger charge is -2.55. The number of carbonyl (C=O) groups excluding carboxylic acids is 1. The van der Waals surface area contributed by atoms with Gasteiger partial charge in [-0.3, -0.25) is 14.7 Å². The van der Waals surface area contributed by atoms with Crippen molar-refractivity contribution in [3.63, 3.8) is 0 Å². The molecule has 0 aliphatic carbocycles. The van der Waals surface area contributed by atoms with E-state index in [-0.39, 0.29) is 24.0 Å². The first-order valence-electron chi connectivity index (χ1n) is 10.2. The van der Waals surface area contributed by atoms with Crippen molar-refractivity contribution < 1.29 is 14.6 Å². The van der Waals surface area contributed by atoms with E-state index < -0.39 is 0 Å². The number of amides is 1. The van der Waals surface area contributed by atoms with Gasteiger partial charge in [-0.1, -0.05) is 0 Å². The Morgan fingerprint density at radius 2 is 2.07 bits per heavy atom. The average molecular weight is 406 g/mol. The second-order valence-electron chi connectivity index (χ2n) is 8.50. The lowest BCUT2D eigenvalue weighted by molar-refractivity contribution is 0.00759. The third kappa shape index (κ3) is 2.58. The fourth-order valence-corrected chi connectivity index (χ4v) is 5.37. The number of aliphatic hydroxyl groups excluding tert-OH is 1. The topological polar surface area (TPSA) is 70.8 Å². The molecule has 0 saturated carbocycles. The van der Waals surface area contributed by atoms with E-state index in [9.17, 15) is 9.90 Å². The highest BCUT2D eigenvalue weighted by Crippen LogP contribution is 2.49. The Labute approximate surface area is 175 Å². The first-order valence-corrected chi connectivity index (χ1v) is 10.2. The molecule has 1 spiro atoms. The second-order valence-corrected chi connectivity index (χ2v) is 8.50. The highest BCUT2D eigenvalue weighted by molar-refractivity contribution is 5.95. The van der Waals surface area contributed by atoms with Gasteiger partial charge in [0.15, 0.2) is 0 Å². The molecule has 2 aliphatic heterocycles. The van der Waals surface area contributed by atoms with Crippen molar-refractivity contribution in [3.8, 4) is 5.75 Å². The Kier molecular flexibility index (Phi) is 4.34. The monoisotopic (exact) mass is 406 g/mol. The number of likely N-dealkylation sites (tertiary alicyclic amines) is 1. The SMILES string of the molecule is COc1ccc2c3c(n(C)c2c1)[C@H](CO)N(C)CC31CN(C(=O)c2cccnc2)C1. The van der Waals surface area contributed by atoms with Gasteiger partial charge in [0.2, 0.25) is 0 Å². The standard InChI is InChI=1S/C23H26N4O3/c1-25-12-23(13-27(14-23)22(29)15-5-4-8-24-10-15)20-17-7-6-16(30-3)9-18(17)26(2)21(20)19(25)11-28/h4-10,19,28H,11-14H2,1-3H3/t19-/m0/s1. The average Bonchev–Trinajstić information content (AvgIpc) is 3.04. The number of hydrogen-bond acceptors (Lipinski definition) is 5. The molecular formula is C23H26N4O3. The van der Waals surface area contributed by atoms with Crippen LogP contribution in [0, 0.1) is 0 Å². The molecule has 0 unspecified atom stereocenters. The summed E-state index contributed by atoms with van der Waals surface area (Å²) in [7, 11) is 5.77. The maximum Gasteiger partial charge on any atom is 0.255 e. The van der Waals surface area contributed by atoms with Crippen LogP contribution in [-0.4, -0.2) is 70.8 Å². The van der Waals surface area contributed by atoms with Crippen LogP contribution in [0.5, 0.6) is 5.75 Å². The highest BCUT2D eigenvalue weighted by atomic mass is 16.5. The minimum atomic E-state index is -0.151. The van der Waals surface area contributed by atoms with Gasteiger partial charge in [-0.05, 0) is 36.9 Å². The fourth-order valence-electron chi connectivity index (χ4n) is 5.37. The Balaban J connectivity index is 1.59. The summed E-state index contributed by atoms with van der Waals surface area (Å²) in [6.45, 7) is 2.16. The molecule has 1 amide bonds. The van der Waals surface area contributed by atoms with E-state index in [1.54, 1.807) is 25.6 Å². The predicted octanol–water partition coefficient (Wildman–Crippen LogP) is 1.95. The van der Waals surface area contributed by atoms with E-state index in [2.05, 4.69) is 27.6 Å². The number of pyridine rings is 1. The zero-order valence-corrected chi connectivity index (χ0v) is 17.5. The molecule has 2 aromatic heterocycles. The highest BCUT2D eigenvalue weighted by Gasteiger charge is 2.53. The summed E-state index contributed by atoms with van der Waals surface area (Å²) >= 11 is 0. The molecule has 2 aliphatic rings. The summed E-state index contributed by atoms with van der Waals surface area (Å²) in [5.74, 6) is 0.828. The van der Waals surface area contributed by atoms with Crippen molar-refractivity contribution in [2.24, 2.45) is 7.05 Å². The molecule has 5 rings (SSSR count). The summed E-state index contributed by atoms with van der Waals surface area (Å²) in [6, 6.07) is 9.67. The molecule has 7 heteroatoms. The van der Waals surface area contributed by atoms with Crippen molar-refractivity contribution in [1.82, 2.24) is 19.4 Å². The second kappa shape index (κ2) is 6.82. The van der Waals surface area contributed by atoms with Gasteiger partial charge in [-0.15, -0.1) is 0 Å². The molecule has 1 aromatic carbocycles. The predicted molar refractivity (Wildman–Crippen MR) is 114 cm³/mol. The molecule has 0 bridgehead atoms. The summed E-state index contributed by atoms with van der Waals surface area (Å²) in [5, 5.41) is 11.3. The molecule has 7 nitrogen and oxygen atoms in total. The van der Waals surface area contributed by atoms with E-state index >= 15 is 0 Å². The first-order chi connectivity index (χ1) is 14.5. The number of ether oxygens (including phenoxy) is 1. The van der Waals surface area contributed by atoms with E-state index in [0.717, 1.165) is 23.5 Å². The Morgan fingerprint density at radius 3 is 2.73 bits per heavy atom. The van der Waals surface area contributed by atoms with Crippen LogP contribution in [0.15, 0.2) is 42.7 Å². The molecular weight excluding hydrogens is 380 g/mol. The normalized spacial score (nSPS) is 20.3. The Hall–Kier alpha value is -2.90. The first kappa shape index (κ1) is 19.1. The van der Waals surface area contributed by atoms with Crippen LogP contribution in [0.25, 0.3) is 10.9 Å². The third-order valence-electron chi connectivity index (χ3n) is 6.74. The number of aromatic nitrogens is 2. The van der Waals surface area contributed by atoms with E-state index in [1.165, 1.54) is 10.9 Å². The van der Waals surface area contributed by atoms with Crippen molar-refractivity contribution in [3.05, 3.63) is 59.5 Å². The molecule has 156 valence electrons. The lowest BCUT2D eigenvalue weighted by Crippen LogP contribution is -2.67. The molecule has 4 heterocycles. The van der Waals surface area contributed by atoms with Gasteiger partial charge >= 0.3 is 0 Å². The van der Waals surface area contributed by atoms with E-state index in [1.807, 2.05) is 30.1 Å². The fraction of sp³-hybridized carbons (Fsp3) is 0.391. The maximum atomic E-state index is 12.9. The molecule has 3 aromatic rings.